The van der Waals surface area contributed by atoms with Crippen LogP contribution in [0.1, 0.15) is 59.6 Å². The number of ether oxygens (including phenoxy) is 6. The first-order chi connectivity index (χ1) is 25.6. The molecule has 2 aliphatic rings. The highest BCUT2D eigenvalue weighted by Gasteiger charge is 2.69. The van der Waals surface area contributed by atoms with Gasteiger partial charge in [0.15, 0.2) is 11.9 Å². The van der Waals surface area contributed by atoms with Gasteiger partial charge in [-0.25, -0.2) is 23.5 Å². The molecule has 1 aromatic carbocycles. The number of nitrogens with one attached hydrogen (secondary N) is 1. The second kappa shape index (κ2) is 17.5. The van der Waals surface area contributed by atoms with E-state index in [-0.39, 0.29) is 53.3 Å². The maximum atomic E-state index is 17.4. The number of fused-ring (bicyclic) bond motifs is 2. The number of esters is 2. The Bertz CT molecular complexity index is 1790. The van der Waals surface area contributed by atoms with E-state index < -0.39 is 68.0 Å². The van der Waals surface area contributed by atoms with Gasteiger partial charge >= 0.3 is 19.7 Å². The maximum absolute atomic E-state index is 17.4. The van der Waals surface area contributed by atoms with Gasteiger partial charge in [-0.05, 0) is 55.9 Å². The highest BCUT2D eigenvalue weighted by molar-refractivity contribution is 7.52. The normalized spacial score (nSPS) is 26.1. The number of hydrogen-bond acceptors (Lipinski definition) is 14. The van der Waals surface area contributed by atoms with Gasteiger partial charge in [0.05, 0.1) is 30.9 Å². The summed E-state index contributed by atoms with van der Waals surface area (Å²) in [6.45, 7) is 7.61. The van der Waals surface area contributed by atoms with Crippen LogP contribution >= 0.6 is 7.75 Å². The van der Waals surface area contributed by atoms with E-state index in [9.17, 15) is 14.2 Å². The summed E-state index contributed by atoms with van der Waals surface area (Å²) in [6, 6.07) is 10.2. The number of nitrogen functional groups attached to an aromatic ring is 1. The Hall–Kier alpha value is -3.48. The second-order valence-corrected chi connectivity index (χ2v) is 17.4. The van der Waals surface area contributed by atoms with Crippen LogP contribution < -0.4 is 15.3 Å². The molecule has 3 unspecified atom stereocenters. The summed E-state index contributed by atoms with van der Waals surface area (Å²) < 4.78 is 79.7. The highest BCUT2D eigenvalue weighted by Crippen LogP contribution is 2.55. The van der Waals surface area contributed by atoms with E-state index in [1.165, 1.54) is 30.1 Å². The molecular weight excluding hydrogens is 744 g/mol. The van der Waals surface area contributed by atoms with E-state index in [1.54, 1.807) is 37.3 Å². The van der Waals surface area contributed by atoms with Crippen LogP contribution in [-0.2, 0) is 52.7 Å². The Labute approximate surface area is 316 Å². The molecule has 0 amide bonds. The molecule has 8 atom stereocenters. The van der Waals surface area contributed by atoms with Crippen LogP contribution in [0.25, 0.3) is 5.52 Å². The third-order valence-electron chi connectivity index (χ3n) is 9.31. The molecule has 0 aliphatic carbocycles. The monoisotopic (exact) mass is 795 g/mol. The van der Waals surface area contributed by atoms with E-state index in [4.69, 9.17) is 43.2 Å². The molecule has 3 aromatic rings. The van der Waals surface area contributed by atoms with Crippen LogP contribution in [-0.4, -0.2) is 94.3 Å². The lowest BCUT2D eigenvalue weighted by atomic mass is 9.93. The smallest absolute Gasteiger partial charge is 0.459 e. The number of aromatic nitrogens is 3. The number of hydrogen-bond donors (Lipinski definition) is 2. The molecule has 5 rings (SSSR count). The first-order valence-corrected chi connectivity index (χ1v) is 20.7. The molecule has 0 spiro atoms. The zero-order valence-electron chi connectivity index (χ0n) is 31.6. The van der Waals surface area contributed by atoms with Gasteiger partial charge in [0.2, 0.25) is 0 Å². The van der Waals surface area contributed by atoms with Gasteiger partial charge in [-0.15, -0.1) is 0 Å². The number of nitrogens with zero attached hydrogens (tertiary/aromatic N) is 3. The van der Waals surface area contributed by atoms with Crippen LogP contribution in [0.4, 0.5) is 10.2 Å². The van der Waals surface area contributed by atoms with Crippen molar-refractivity contribution >= 4 is 41.3 Å². The Morgan fingerprint density at radius 2 is 1.72 bits per heavy atom. The molecule has 4 heterocycles. The fraction of sp³-hybridized carbons (Fsp3) is 0.600. The number of carbonyl (C=O) groups excluding carboxylic acids is 2. The number of nitrogens with two attached hydrogens (primary N) is 1. The standard InChI is InChI=1S/C35H51FN5O11PSi/c1-21(2)14-16-46-27(42)18-24(28(54)32(43)47-17-15-22(3)4)40-53(44,51-23-10-8-7-9-11-23)48-19-35(36)30-29(49-33(45-6)50-30)34(5,52-35)26-13-12-25-31(37)38-20-39-41(25)26/h7-13,20-22,24,28-30,33H,14-19H2,1-6,54H3,(H,40,44)(H2,37,38,39)/t24-,28?,29+,30-,33?,34-,35+,53?/m0/s1. The molecule has 0 saturated carbocycles. The zero-order valence-corrected chi connectivity index (χ0v) is 34.5. The maximum Gasteiger partial charge on any atom is 0.459 e. The Morgan fingerprint density at radius 1 is 1.06 bits per heavy atom. The predicted molar refractivity (Wildman–Crippen MR) is 197 cm³/mol. The Morgan fingerprint density at radius 3 is 2.39 bits per heavy atom. The van der Waals surface area contributed by atoms with Gasteiger partial charge in [-0.3, -0.25) is 14.1 Å². The van der Waals surface area contributed by atoms with Crippen LogP contribution in [0, 0.1) is 11.8 Å². The predicted octanol–water partition coefficient (Wildman–Crippen LogP) is 3.82. The van der Waals surface area contributed by atoms with Crippen molar-refractivity contribution in [2.24, 2.45) is 11.8 Å². The number of para-hydroxylation sites is 1. The molecule has 0 bridgehead atoms. The fourth-order valence-electron chi connectivity index (χ4n) is 6.14. The lowest BCUT2D eigenvalue weighted by Gasteiger charge is -2.32. The lowest BCUT2D eigenvalue weighted by molar-refractivity contribution is -0.302. The van der Waals surface area contributed by atoms with E-state index >= 15 is 4.39 Å². The molecule has 3 N–H and O–H groups in total. The van der Waals surface area contributed by atoms with E-state index in [2.05, 4.69) is 15.2 Å². The molecule has 16 nitrogen and oxygen atoms in total. The van der Waals surface area contributed by atoms with Gasteiger partial charge in [0.25, 0.3) is 12.3 Å². The summed E-state index contributed by atoms with van der Waals surface area (Å²) >= 11 is 0. The van der Waals surface area contributed by atoms with E-state index in [0.717, 1.165) is 0 Å². The molecule has 19 heteroatoms. The molecule has 298 valence electrons. The van der Waals surface area contributed by atoms with Gasteiger partial charge in [-0.1, -0.05) is 45.9 Å². The second-order valence-electron chi connectivity index (χ2n) is 14.5. The fourth-order valence-corrected chi connectivity index (χ4v) is 8.63. The van der Waals surface area contributed by atoms with Gasteiger partial charge in [0.1, 0.15) is 35.9 Å². The third kappa shape index (κ3) is 9.65. The summed E-state index contributed by atoms with van der Waals surface area (Å²) in [7, 11) is -3.16. The number of halogens is 1. The van der Waals surface area contributed by atoms with Gasteiger partial charge < -0.3 is 38.7 Å². The number of anilines is 1. The summed E-state index contributed by atoms with van der Waals surface area (Å²) in [4.78, 5) is 30.4. The van der Waals surface area contributed by atoms with Crippen molar-refractivity contribution in [3.63, 3.8) is 0 Å². The number of rotatable bonds is 19. The topological polar surface area (TPSA) is 193 Å². The largest absolute Gasteiger partial charge is 0.466 e. The molecule has 2 saturated heterocycles. The Kier molecular flexibility index (Phi) is 13.5. The number of benzene rings is 1. The SMILES string of the molecule is COC1O[C@@H]2[C@H](O1)[C@@](F)(COP(=O)(N[C@@H](CC(=O)OCCC(C)C)C([SiH3])C(=O)OCCC(C)C)Oc1ccccc1)O[C@@]2(C)c1ccc2c(N)ncnn12. The quantitative estimate of drug-likeness (QED) is 0.101. The van der Waals surface area contributed by atoms with Gasteiger partial charge in [-0.2, -0.15) is 5.10 Å². The number of alkyl halides is 1. The average Bonchev–Trinajstić information content (AvgIpc) is 3.82. The molecule has 2 aliphatic heterocycles. The summed E-state index contributed by atoms with van der Waals surface area (Å²) in [6.07, 6.45) is -0.456. The minimum absolute atomic E-state index is 0.107. The van der Waals surface area contributed by atoms with Crippen molar-refractivity contribution in [2.45, 2.75) is 95.6 Å². The van der Waals surface area contributed by atoms with Crippen molar-refractivity contribution in [3.8, 4) is 5.75 Å². The lowest BCUT2D eigenvalue weighted by Crippen LogP contribution is -2.44. The highest BCUT2D eigenvalue weighted by atomic mass is 31.2. The van der Waals surface area contributed by atoms with E-state index in [1.807, 2.05) is 27.7 Å². The van der Waals surface area contributed by atoms with Crippen molar-refractivity contribution < 1.29 is 56.0 Å². The average molecular weight is 796 g/mol. The van der Waals surface area contributed by atoms with Crippen molar-refractivity contribution in [3.05, 3.63) is 54.5 Å². The first kappa shape index (κ1) is 41.7. The zero-order chi connectivity index (χ0) is 39.3. The molecular formula is C35H51FN5O11PSi. The summed E-state index contributed by atoms with van der Waals surface area (Å²) in [5.41, 5.74) is 4.38. The number of carbonyl (C=O) groups is 2. The first-order valence-electron chi connectivity index (χ1n) is 18.0. The van der Waals surface area contributed by atoms with Crippen LogP contribution in [0.3, 0.4) is 0 Å². The number of methoxy groups -OCH3 is 1. The van der Waals surface area contributed by atoms with Crippen LogP contribution in [0.2, 0.25) is 5.54 Å². The molecule has 2 aromatic heterocycles. The van der Waals surface area contributed by atoms with Crippen LogP contribution in [0.5, 0.6) is 5.75 Å². The molecule has 0 radical (unpaired) electrons. The summed E-state index contributed by atoms with van der Waals surface area (Å²) in [5.74, 6) is -3.19. The van der Waals surface area contributed by atoms with Crippen molar-refractivity contribution in [1.29, 1.82) is 0 Å². The van der Waals surface area contributed by atoms with Gasteiger partial charge in [0, 0.05) is 23.4 Å². The Balaban J connectivity index is 1.44. The minimum Gasteiger partial charge on any atom is -0.466 e. The molecule has 2 fully saturated rings. The summed E-state index contributed by atoms with van der Waals surface area (Å²) in [5, 5.41) is 7.06. The molecule has 54 heavy (non-hydrogen) atoms. The van der Waals surface area contributed by atoms with E-state index in [0.29, 0.717) is 24.1 Å². The van der Waals surface area contributed by atoms with Crippen molar-refractivity contribution in [1.82, 2.24) is 19.7 Å². The minimum atomic E-state index is -4.66. The third-order valence-corrected chi connectivity index (χ3v) is 12.2. The van der Waals surface area contributed by atoms with Crippen LogP contribution in [0.15, 0.2) is 48.8 Å². The van der Waals surface area contributed by atoms with Crippen molar-refractivity contribution in [2.75, 3.05) is 32.7 Å².